The summed E-state index contributed by atoms with van der Waals surface area (Å²) in [5.74, 6) is 7.13. The lowest BCUT2D eigenvalue weighted by atomic mass is 10.0. The molecule has 1 aromatic rings. The Balaban J connectivity index is 2.01. The Kier molecular flexibility index (Phi) is 4.61. The van der Waals surface area contributed by atoms with Crippen LogP contribution in [0, 0.1) is 12.8 Å². The highest BCUT2D eigenvalue weighted by atomic mass is 16.3. The summed E-state index contributed by atoms with van der Waals surface area (Å²) in [6.45, 7) is 7.07. The molecule has 0 aliphatic carbocycles. The smallest absolute Gasteiger partial charge is 0.268 e. The number of likely N-dealkylation sites (tertiary alicyclic amines) is 1. The highest BCUT2D eigenvalue weighted by molar-refractivity contribution is 5.94. The van der Waals surface area contributed by atoms with E-state index in [1.165, 1.54) is 19.3 Å². The minimum atomic E-state index is -0.294. The van der Waals surface area contributed by atoms with Crippen molar-refractivity contribution in [3.05, 3.63) is 23.2 Å². The van der Waals surface area contributed by atoms with Gasteiger partial charge in [-0.25, -0.2) is 5.84 Å². The van der Waals surface area contributed by atoms with Crippen molar-refractivity contribution in [2.24, 2.45) is 11.8 Å². The molecule has 1 aliphatic rings. The van der Waals surface area contributed by atoms with Crippen molar-refractivity contribution in [2.75, 3.05) is 13.1 Å². The number of aryl methyl sites for hydroxylation is 1. The second-order valence-electron chi connectivity index (χ2n) is 5.47. The molecule has 1 aromatic heterocycles. The van der Waals surface area contributed by atoms with Crippen LogP contribution in [0.25, 0.3) is 0 Å². The van der Waals surface area contributed by atoms with Gasteiger partial charge in [-0.15, -0.1) is 0 Å². The van der Waals surface area contributed by atoms with Gasteiger partial charge in [0, 0.05) is 0 Å². The second kappa shape index (κ2) is 6.21. The number of carbonyl (C=O) groups excluding carboxylic acids is 1. The van der Waals surface area contributed by atoms with E-state index in [0.29, 0.717) is 11.3 Å². The third-order valence-corrected chi connectivity index (χ3v) is 3.83. The van der Waals surface area contributed by atoms with Gasteiger partial charge in [-0.2, -0.15) is 0 Å². The quantitative estimate of drug-likeness (QED) is 0.497. The zero-order valence-electron chi connectivity index (χ0n) is 11.7. The van der Waals surface area contributed by atoms with E-state index in [9.17, 15) is 4.79 Å². The van der Waals surface area contributed by atoms with Crippen LogP contribution in [0.3, 0.4) is 0 Å². The van der Waals surface area contributed by atoms with Gasteiger partial charge in [0.1, 0.15) is 11.5 Å². The predicted octanol–water partition coefficient (Wildman–Crippen LogP) is 1.81. The SMILES string of the molecule is Cc1oc(CN2CCCC(C)CC2)cc1C(=O)NN. The first kappa shape index (κ1) is 14.1. The van der Waals surface area contributed by atoms with E-state index in [4.69, 9.17) is 10.3 Å². The molecule has 2 rings (SSSR count). The van der Waals surface area contributed by atoms with Gasteiger partial charge in [0.25, 0.3) is 5.91 Å². The Bertz CT molecular complexity index is 442. The minimum Gasteiger partial charge on any atom is -0.464 e. The van der Waals surface area contributed by atoms with Crippen LogP contribution in [0.5, 0.6) is 0 Å². The van der Waals surface area contributed by atoms with E-state index in [-0.39, 0.29) is 5.91 Å². The van der Waals surface area contributed by atoms with Gasteiger partial charge in [-0.1, -0.05) is 6.92 Å². The molecule has 5 heteroatoms. The average Bonchev–Trinajstić information content (AvgIpc) is 2.62. The number of nitrogens with two attached hydrogens (primary N) is 1. The Morgan fingerprint density at radius 1 is 1.53 bits per heavy atom. The van der Waals surface area contributed by atoms with Gasteiger partial charge >= 0.3 is 0 Å². The number of amides is 1. The van der Waals surface area contributed by atoms with Crippen molar-refractivity contribution in [2.45, 2.75) is 39.7 Å². The van der Waals surface area contributed by atoms with Crippen molar-refractivity contribution >= 4 is 5.91 Å². The van der Waals surface area contributed by atoms with Crippen LogP contribution in [-0.2, 0) is 6.54 Å². The van der Waals surface area contributed by atoms with E-state index in [1.807, 2.05) is 0 Å². The maximum atomic E-state index is 11.5. The number of nitrogen functional groups attached to an aromatic ring is 1. The van der Waals surface area contributed by atoms with E-state index >= 15 is 0 Å². The lowest BCUT2D eigenvalue weighted by Gasteiger charge is -2.18. The Morgan fingerprint density at radius 3 is 3.05 bits per heavy atom. The van der Waals surface area contributed by atoms with E-state index < -0.39 is 0 Å². The first-order valence-corrected chi connectivity index (χ1v) is 6.92. The third kappa shape index (κ3) is 3.58. The van der Waals surface area contributed by atoms with Crippen molar-refractivity contribution in [1.29, 1.82) is 0 Å². The molecule has 5 nitrogen and oxygen atoms in total. The molecule has 0 aromatic carbocycles. The van der Waals surface area contributed by atoms with E-state index in [0.717, 1.165) is 31.3 Å². The molecule has 0 spiro atoms. The molecular weight excluding hydrogens is 242 g/mol. The van der Waals surface area contributed by atoms with Crippen LogP contribution >= 0.6 is 0 Å². The summed E-state index contributed by atoms with van der Waals surface area (Å²) in [5.41, 5.74) is 2.67. The number of furan rings is 1. The summed E-state index contributed by atoms with van der Waals surface area (Å²) in [6, 6.07) is 1.80. The van der Waals surface area contributed by atoms with Crippen LogP contribution in [0.4, 0.5) is 0 Å². The van der Waals surface area contributed by atoms with Crippen molar-refractivity contribution in [1.82, 2.24) is 10.3 Å². The number of nitrogens with one attached hydrogen (secondary N) is 1. The van der Waals surface area contributed by atoms with Crippen LogP contribution < -0.4 is 11.3 Å². The summed E-state index contributed by atoms with van der Waals surface area (Å²) < 4.78 is 5.65. The fraction of sp³-hybridized carbons (Fsp3) is 0.643. The Morgan fingerprint density at radius 2 is 2.32 bits per heavy atom. The molecule has 1 aliphatic heterocycles. The summed E-state index contributed by atoms with van der Waals surface area (Å²) in [4.78, 5) is 13.9. The first-order valence-electron chi connectivity index (χ1n) is 6.92. The van der Waals surface area contributed by atoms with Gasteiger partial charge in [-0.05, 0) is 51.3 Å². The third-order valence-electron chi connectivity index (χ3n) is 3.83. The zero-order chi connectivity index (χ0) is 13.8. The Hall–Kier alpha value is -1.33. The molecule has 1 unspecified atom stereocenters. The fourth-order valence-electron chi connectivity index (χ4n) is 2.63. The number of hydrogen-bond donors (Lipinski definition) is 2. The summed E-state index contributed by atoms with van der Waals surface area (Å²) in [5, 5.41) is 0. The molecule has 0 saturated carbocycles. The van der Waals surface area contributed by atoms with Crippen LogP contribution in [0.1, 0.15) is 48.1 Å². The number of hydrogen-bond acceptors (Lipinski definition) is 4. The number of carbonyl (C=O) groups is 1. The average molecular weight is 265 g/mol. The first-order chi connectivity index (χ1) is 9.10. The molecule has 106 valence electrons. The standard InChI is InChI=1S/C14H23N3O2/c1-10-4-3-6-17(7-5-10)9-12-8-13(11(2)19-12)14(18)16-15/h8,10H,3-7,9,15H2,1-2H3,(H,16,18). The molecular formula is C14H23N3O2. The Labute approximate surface area is 114 Å². The molecule has 0 radical (unpaired) electrons. The van der Waals surface area contributed by atoms with E-state index in [1.54, 1.807) is 13.0 Å². The van der Waals surface area contributed by atoms with Crippen molar-refractivity contribution in [3.8, 4) is 0 Å². The fourth-order valence-corrected chi connectivity index (χ4v) is 2.63. The van der Waals surface area contributed by atoms with Gasteiger partial charge in [0.2, 0.25) is 0 Å². The molecule has 1 amide bonds. The van der Waals surface area contributed by atoms with Crippen LogP contribution in [0.15, 0.2) is 10.5 Å². The largest absolute Gasteiger partial charge is 0.464 e. The number of nitrogens with zero attached hydrogens (tertiary/aromatic N) is 1. The highest BCUT2D eigenvalue weighted by Crippen LogP contribution is 2.20. The van der Waals surface area contributed by atoms with Crippen LogP contribution in [-0.4, -0.2) is 23.9 Å². The normalized spacial score (nSPS) is 21.1. The summed E-state index contributed by atoms with van der Waals surface area (Å²) in [7, 11) is 0. The highest BCUT2D eigenvalue weighted by Gasteiger charge is 2.18. The number of rotatable bonds is 3. The van der Waals surface area contributed by atoms with Gasteiger partial charge in [0.15, 0.2) is 0 Å². The van der Waals surface area contributed by atoms with Gasteiger partial charge < -0.3 is 4.42 Å². The lowest BCUT2D eigenvalue weighted by Crippen LogP contribution is -2.30. The lowest BCUT2D eigenvalue weighted by molar-refractivity contribution is 0.0952. The summed E-state index contributed by atoms with van der Waals surface area (Å²) >= 11 is 0. The predicted molar refractivity (Wildman–Crippen MR) is 73.4 cm³/mol. The van der Waals surface area contributed by atoms with Gasteiger partial charge in [-0.3, -0.25) is 15.1 Å². The summed E-state index contributed by atoms with van der Waals surface area (Å²) in [6.07, 6.45) is 3.77. The molecule has 1 fully saturated rings. The molecule has 1 atom stereocenters. The maximum absolute atomic E-state index is 11.5. The zero-order valence-corrected chi connectivity index (χ0v) is 11.7. The molecule has 19 heavy (non-hydrogen) atoms. The van der Waals surface area contributed by atoms with Crippen molar-refractivity contribution in [3.63, 3.8) is 0 Å². The molecule has 0 bridgehead atoms. The minimum absolute atomic E-state index is 0.294. The maximum Gasteiger partial charge on any atom is 0.268 e. The van der Waals surface area contributed by atoms with Gasteiger partial charge in [0.05, 0.1) is 12.1 Å². The van der Waals surface area contributed by atoms with Crippen molar-refractivity contribution < 1.29 is 9.21 Å². The molecule has 3 N–H and O–H groups in total. The number of hydrazine groups is 1. The molecule has 2 heterocycles. The monoisotopic (exact) mass is 265 g/mol. The van der Waals surface area contributed by atoms with Crippen LogP contribution in [0.2, 0.25) is 0 Å². The topological polar surface area (TPSA) is 71.5 Å². The molecule has 1 saturated heterocycles. The second-order valence-corrected chi connectivity index (χ2v) is 5.47. The van der Waals surface area contributed by atoms with E-state index in [2.05, 4.69) is 17.2 Å².